The maximum absolute atomic E-state index is 3.77. The summed E-state index contributed by atoms with van der Waals surface area (Å²) in [4.78, 5) is 2.40. The maximum atomic E-state index is 3.77. The Hall–Kier alpha value is -0.0800. The van der Waals surface area contributed by atoms with Gasteiger partial charge in [0.25, 0.3) is 0 Å². The van der Waals surface area contributed by atoms with Crippen LogP contribution in [0.2, 0.25) is 0 Å². The lowest BCUT2D eigenvalue weighted by Gasteiger charge is -2.43. The first-order valence-corrected chi connectivity index (χ1v) is 7.79. The monoisotopic (exact) mass is 256 g/mol. The number of nitrogens with one attached hydrogen (secondary N) is 1. The highest BCUT2D eigenvalue weighted by molar-refractivity contribution is 4.94. The van der Waals surface area contributed by atoms with Crippen molar-refractivity contribution in [1.82, 2.24) is 10.2 Å². The molecule has 18 heavy (non-hydrogen) atoms. The molecule has 0 spiro atoms. The Balaban J connectivity index is 4.53. The van der Waals surface area contributed by atoms with Gasteiger partial charge in [0.1, 0.15) is 0 Å². The first-order chi connectivity index (χ1) is 8.38. The molecule has 0 saturated heterocycles. The van der Waals surface area contributed by atoms with E-state index in [0.717, 1.165) is 12.5 Å². The molecule has 2 unspecified atom stereocenters. The third-order valence-corrected chi connectivity index (χ3v) is 4.40. The predicted molar refractivity (Wildman–Crippen MR) is 83.2 cm³/mol. The van der Waals surface area contributed by atoms with Crippen molar-refractivity contribution in [3.8, 4) is 0 Å². The average Bonchev–Trinajstić information content (AvgIpc) is 2.31. The second kappa shape index (κ2) is 8.92. The largest absolute Gasteiger partial charge is 0.312 e. The van der Waals surface area contributed by atoms with Gasteiger partial charge in [0.2, 0.25) is 0 Å². The summed E-state index contributed by atoms with van der Waals surface area (Å²) in [6.07, 6.45) is 6.39. The topological polar surface area (TPSA) is 15.3 Å². The molecule has 2 heteroatoms. The lowest BCUT2D eigenvalue weighted by molar-refractivity contribution is 0.106. The van der Waals surface area contributed by atoms with Gasteiger partial charge in [-0.05, 0) is 52.7 Å². The van der Waals surface area contributed by atoms with Gasteiger partial charge in [-0.25, -0.2) is 0 Å². The van der Waals surface area contributed by atoms with Gasteiger partial charge >= 0.3 is 0 Å². The smallest absolute Gasteiger partial charge is 0.0325 e. The van der Waals surface area contributed by atoms with Crippen LogP contribution in [0, 0.1) is 5.92 Å². The Morgan fingerprint density at radius 2 is 1.72 bits per heavy atom. The summed E-state index contributed by atoms with van der Waals surface area (Å²) in [5, 5.41) is 3.77. The minimum absolute atomic E-state index is 0.270. The number of nitrogens with zero attached hydrogens (tertiary/aromatic N) is 1. The maximum Gasteiger partial charge on any atom is 0.0325 e. The first kappa shape index (κ1) is 17.9. The summed E-state index contributed by atoms with van der Waals surface area (Å²) in [7, 11) is 4.43. The zero-order valence-electron chi connectivity index (χ0n) is 13.8. The fraction of sp³-hybridized carbons (Fsp3) is 1.00. The molecule has 1 N–H and O–H groups in total. The Bertz CT molecular complexity index is 201. The minimum atomic E-state index is 0.270. The van der Waals surface area contributed by atoms with Crippen LogP contribution in [0.5, 0.6) is 0 Å². The third kappa shape index (κ3) is 5.71. The molecular weight excluding hydrogens is 220 g/mol. The molecule has 0 bridgehead atoms. The van der Waals surface area contributed by atoms with E-state index >= 15 is 0 Å². The van der Waals surface area contributed by atoms with Gasteiger partial charge in [-0.15, -0.1) is 0 Å². The van der Waals surface area contributed by atoms with E-state index < -0.39 is 0 Å². The fourth-order valence-electron chi connectivity index (χ4n) is 2.56. The first-order valence-electron chi connectivity index (χ1n) is 7.79. The molecule has 0 fully saturated rings. The van der Waals surface area contributed by atoms with Crippen molar-refractivity contribution in [2.24, 2.45) is 5.92 Å². The van der Waals surface area contributed by atoms with Crippen molar-refractivity contribution in [1.29, 1.82) is 0 Å². The van der Waals surface area contributed by atoms with Crippen LogP contribution >= 0.6 is 0 Å². The van der Waals surface area contributed by atoms with Crippen LogP contribution in [0.4, 0.5) is 0 Å². The van der Waals surface area contributed by atoms with Gasteiger partial charge in [0.15, 0.2) is 0 Å². The van der Waals surface area contributed by atoms with Crippen LogP contribution in [0.1, 0.15) is 66.7 Å². The van der Waals surface area contributed by atoms with E-state index in [1.165, 1.54) is 32.1 Å². The van der Waals surface area contributed by atoms with Crippen molar-refractivity contribution >= 4 is 0 Å². The Morgan fingerprint density at radius 1 is 1.11 bits per heavy atom. The molecule has 0 radical (unpaired) electrons. The molecule has 2 atom stereocenters. The summed E-state index contributed by atoms with van der Waals surface area (Å²) >= 11 is 0. The molecule has 0 aromatic heterocycles. The van der Waals surface area contributed by atoms with Crippen LogP contribution in [0.25, 0.3) is 0 Å². The zero-order chi connectivity index (χ0) is 14.2. The van der Waals surface area contributed by atoms with E-state index in [4.69, 9.17) is 0 Å². The molecule has 0 aromatic rings. The number of hydrogen-bond acceptors (Lipinski definition) is 2. The predicted octanol–water partition coefficient (Wildman–Crippen LogP) is 3.91. The van der Waals surface area contributed by atoms with Crippen LogP contribution in [-0.2, 0) is 0 Å². The van der Waals surface area contributed by atoms with Gasteiger partial charge in [0, 0.05) is 11.6 Å². The molecular formula is C16H36N2. The Kier molecular flexibility index (Phi) is 8.89. The second-order valence-electron chi connectivity index (χ2n) is 6.44. The Morgan fingerprint density at radius 3 is 2.11 bits per heavy atom. The van der Waals surface area contributed by atoms with Gasteiger partial charge in [-0.2, -0.15) is 0 Å². The standard InChI is InChI=1S/C16H36N2/c1-8-13-17-15(12-10-11-14(3)4)16(5,9-2)18(6)7/h14-15,17H,8-13H2,1-7H3. The van der Waals surface area contributed by atoms with Gasteiger partial charge in [0.05, 0.1) is 0 Å². The van der Waals surface area contributed by atoms with E-state index in [2.05, 4.69) is 58.9 Å². The van der Waals surface area contributed by atoms with Crippen molar-refractivity contribution in [2.75, 3.05) is 20.6 Å². The molecule has 0 saturated carbocycles. The average molecular weight is 256 g/mol. The highest BCUT2D eigenvalue weighted by atomic mass is 15.2. The molecule has 0 aliphatic rings. The van der Waals surface area contributed by atoms with E-state index in [9.17, 15) is 0 Å². The van der Waals surface area contributed by atoms with E-state index in [0.29, 0.717) is 6.04 Å². The molecule has 110 valence electrons. The summed E-state index contributed by atoms with van der Waals surface area (Å²) in [6.45, 7) is 12.7. The lowest BCUT2D eigenvalue weighted by Crippen LogP contribution is -2.57. The number of hydrogen-bond donors (Lipinski definition) is 1. The highest BCUT2D eigenvalue weighted by Crippen LogP contribution is 2.25. The van der Waals surface area contributed by atoms with Crippen LogP contribution in [-0.4, -0.2) is 37.1 Å². The van der Waals surface area contributed by atoms with Gasteiger partial charge in [-0.3, -0.25) is 0 Å². The molecule has 0 aromatic carbocycles. The molecule has 0 aliphatic carbocycles. The molecule has 0 amide bonds. The zero-order valence-corrected chi connectivity index (χ0v) is 13.8. The quantitative estimate of drug-likeness (QED) is 0.637. The van der Waals surface area contributed by atoms with Gasteiger partial charge in [-0.1, -0.05) is 40.5 Å². The van der Waals surface area contributed by atoms with E-state index in [-0.39, 0.29) is 5.54 Å². The van der Waals surface area contributed by atoms with Crippen LogP contribution in [0.3, 0.4) is 0 Å². The molecule has 0 aliphatic heterocycles. The molecule has 2 nitrogen and oxygen atoms in total. The van der Waals surface area contributed by atoms with Crippen LogP contribution < -0.4 is 5.32 Å². The summed E-state index contributed by atoms with van der Waals surface area (Å²) < 4.78 is 0. The fourth-order valence-corrected chi connectivity index (χ4v) is 2.56. The third-order valence-electron chi connectivity index (χ3n) is 4.40. The normalized spacial score (nSPS) is 17.2. The summed E-state index contributed by atoms with van der Waals surface area (Å²) in [5.74, 6) is 0.823. The second-order valence-corrected chi connectivity index (χ2v) is 6.44. The van der Waals surface area contributed by atoms with Crippen molar-refractivity contribution in [2.45, 2.75) is 78.3 Å². The van der Waals surface area contributed by atoms with Crippen molar-refractivity contribution < 1.29 is 0 Å². The Labute approximate surface area is 116 Å². The van der Waals surface area contributed by atoms with Crippen molar-refractivity contribution in [3.63, 3.8) is 0 Å². The minimum Gasteiger partial charge on any atom is -0.312 e. The lowest BCUT2D eigenvalue weighted by atomic mass is 9.84. The number of rotatable bonds is 10. The van der Waals surface area contributed by atoms with Gasteiger partial charge < -0.3 is 10.2 Å². The highest BCUT2D eigenvalue weighted by Gasteiger charge is 2.33. The van der Waals surface area contributed by atoms with E-state index in [1.807, 2.05) is 0 Å². The SMILES string of the molecule is CCCNC(CCCC(C)C)C(C)(CC)N(C)C. The molecule has 0 heterocycles. The number of likely N-dealkylation sites (N-methyl/N-ethyl adjacent to an activating group) is 1. The van der Waals surface area contributed by atoms with Crippen LogP contribution in [0.15, 0.2) is 0 Å². The van der Waals surface area contributed by atoms with Crippen molar-refractivity contribution in [3.05, 3.63) is 0 Å². The molecule has 0 rings (SSSR count). The van der Waals surface area contributed by atoms with E-state index in [1.54, 1.807) is 0 Å². The summed E-state index contributed by atoms with van der Waals surface area (Å²) in [6, 6.07) is 0.608. The summed E-state index contributed by atoms with van der Waals surface area (Å²) in [5.41, 5.74) is 0.270.